The van der Waals surface area contributed by atoms with Crippen LogP contribution in [0.4, 0.5) is 0 Å². The lowest BCUT2D eigenvalue weighted by atomic mass is 9.69. The van der Waals surface area contributed by atoms with Crippen molar-refractivity contribution < 1.29 is 0 Å². The SMILES string of the molecule is c1ccc(-c2nc3ccc4ccc5cc(-c6cccc(-c7cc8ccccc8c8ccccc78)c6)ccc5c4c3s2)cc1.c1ccc(-c2nc3ccc4ccc5cc(-c6cccc(-c7cccc8ccccc78)c6)ccc5c4c3s2)cc1.c1ccc(-c2nc3ccc4ccc5ccc(-c6ccc7c(c6)C6(c8ccccc8-c8ccccc86)c6c-7ccc7ccccc67)cc5c4c3s2)cc1. The molecule has 29 rings (SSSR count). The summed E-state index contributed by atoms with van der Waals surface area (Å²) >= 11 is 5.36. The number of benzene rings is 24. The number of thiazole rings is 3. The summed E-state index contributed by atoms with van der Waals surface area (Å²) in [6, 6.07) is 171. The monoisotopic (exact) mass is 1750 g/mol. The Balaban J connectivity index is 0.000000104. The minimum absolute atomic E-state index is 0.416. The smallest absolute Gasteiger partial charge is 0.124 e. The fourth-order valence-corrected chi connectivity index (χ4v) is 25.3. The van der Waals surface area contributed by atoms with Gasteiger partial charge in [0, 0.05) is 32.8 Å². The third kappa shape index (κ3) is 12.6. The topological polar surface area (TPSA) is 38.7 Å². The molecule has 27 aromatic rings. The van der Waals surface area contributed by atoms with Crippen LogP contribution in [-0.4, -0.2) is 15.0 Å². The predicted octanol–water partition coefficient (Wildman–Crippen LogP) is 36.1. The average Bonchev–Trinajstić information content (AvgIpc) is 1.50. The van der Waals surface area contributed by atoms with Crippen LogP contribution in [-0.2, 0) is 5.41 Å². The van der Waals surface area contributed by atoms with Crippen LogP contribution in [0.3, 0.4) is 0 Å². The van der Waals surface area contributed by atoms with Crippen molar-refractivity contribution in [2.75, 3.05) is 0 Å². The first-order chi connectivity index (χ1) is 66.4. The summed E-state index contributed by atoms with van der Waals surface area (Å²) in [5.74, 6) is 0. The van der Waals surface area contributed by atoms with Crippen LogP contribution in [0.1, 0.15) is 22.3 Å². The Hall–Kier alpha value is -16.5. The molecule has 0 atom stereocenters. The number of aromatic nitrogens is 3. The summed E-state index contributed by atoms with van der Waals surface area (Å²) in [5, 5.41) is 28.7. The summed E-state index contributed by atoms with van der Waals surface area (Å²) in [6.07, 6.45) is 0. The molecule has 0 bridgehead atoms. The van der Waals surface area contributed by atoms with Gasteiger partial charge in [0.05, 0.1) is 36.1 Å². The molecule has 0 fully saturated rings. The molecular weight excluding hydrogens is 1680 g/mol. The maximum absolute atomic E-state index is 5.10. The zero-order chi connectivity index (χ0) is 88.1. The minimum atomic E-state index is -0.416. The van der Waals surface area contributed by atoms with Crippen LogP contribution in [0.2, 0.25) is 0 Å². The number of nitrogens with zero attached hydrogens (tertiary/aromatic N) is 3. The molecule has 2 aliphatic carbocycles. The van der Waals surface area contributed by atoms with E-state index in [9.17, 15) is 0 Å². The van der Waals surface area contributed by atoms with Gasteiger partial charge in [-0.15, -0.1) is 34.0 Å². The van der Waals surface area contributed by atoms with Crippen LogP contribution >= 0.6 is 34.0 Å². The Morgan fingerprint density at radius 1 is 0.157 bits per heavy atom. The number of fused-ring (bicyclic) bond motifs is 31. The molecule has 134 heavy (non-hydrogen) atoms. The van der Waals surface area contributed by atoms with Gasteiger partial charge in [0.15, 0.2) is 0 Å². The average molecular weight is 1750 g/mol. The van der Waals surface area contributed by atoms with Gasteiger partial charge in [0.2, 0.25) is 0 Å². The number of hydrogen-bond acceptors (Lipinski definition) is 6. The van der Waals surface area contributed by atoms with Crippen molar-refractivity contribution in [3.8, 4) is 110 Å². The molecule has 6 heteroatoms. The second-order valence-corrected chi connectivity index (χ2v) is 38.4. The molecule has 0 N–H and O–H groups in total. The lowest BCUT2D eigenvalue weighted by molar-refractivity contribution is 0.801. The summed E-state index contributed by atoms with van der Waals surface area (Å²) < 4.78 is 3.75. The van der Waals surface area contributed by atoms with Crippen molar-refractivity contribution in [3.05, 3.63) is 489 Å². The van der Waals surface area contributed by atoms with E-state index in [1.54, 1.807) is 34.0 Å². The van der Waals surface area contributed by atoms with Crippen molar-refractivity contribution in [1.82, 2.24) is 15.0 Å². The van der Waals surface area contributed by atoms with Gasteiger partial charge in [-0.2, -0.15) is 0 Å². The van der Waals surface area contributed by atoms with Crippen molar-refractivity contribution >= 4 is 172 Å². The first kappa shape index (κ1) is 77.5. The Labute approximate surface area is 785 Å². The van der Waals surface area contributed by atoms with Crippen molar-refractivity contribution in [2.24, 2.45) is 0 Å². The third-order valence-electron chi connectivity index (χ3n) is 28.0. The van der Waals surface area contributed by atoms with E-state index in [4.69, 9.17) is 15.0 Å². The summed E-state index contributed by atoms with van der Waals surface area (Å²) in [4.78, 5) is 15.1. The van der Waals surface area contributed by atoms with Crippen LogP contribution in [0.15, 0.2) is 467 Å². The largest absolute Gasteiger partial charge is 0.236 e. The highest BCUT2D eigenvalue weighted by Gasteiger charge is 2.52. The van der Waals surface area contributed by atoms with Crippen molar-refractivity contribution in [2.45, 2.75) is 5.41 Å². The van der Waals surface area contributed by atoms with E-state index >= 15 is 0 Å². The van der Waals surface area contributed by atoms with E-state index in [-0.39, 0.29) is 0 Å². The van der Waals surface area contributed by atoms with Gasteiger partial charge in [-0.3, -0.25) is 0 Å². The highest BCUT2D eigenvalue weighted by molar-refractivity contribution is 7.23. The van der Waals surface area contributed by atoms with Gasteiger partial charge in [0.25, 0.3) is 0 Å². The molecule has 3 nitrogen and oxygen atoms in total. The van der Waals surface area contributed by atoms with Crippen LogP contribution in [0.5, 0.6) is 0 Å². The fourth-order valence-electron chi connectivity index (χ4n) is 21.8. The zero-order valence-corrected chi connectivity index (χ0v) is 75.0. The molecule has 0 radical (unpaired) electrons. The highest BCUT2D eigenvalue weighted by atomic mass is 32.1. The molecule has 622 valence electrons. The molecule has 3 heterocycles. The van der Waals surface area contributed by atoms with E-state index in [1.807, 2.05) is 0 Å². The zero-order valence-electron chi connectivity index (χ0n) is 72.5. The molecule has 0 saturated carbocycles. The van der Waals surface area contributed by atoms with Crippen LogP contribution < -0.4 is 0 Å². The Morgan fingerprint density at radius 2 is 0.493 bits per heavy atom. The quantitative estimate of drug-likeness (QED) is 0.142. The molecule has 2 aliphatic rings. The first-order valence-corrected chi connectivity index (χ1v) is 48.3. The first-order valence-electron chi connectivity index (χ1n) is 45.8. The van der Waals surface area contributed by atoms with E-state index < -0.39 is 5.41 Å². The summed E-state index contributed by atoms with van der Waals surface area (Å²) in [7, 11) is 0. The molecule has 3 aromatic heterocycles. The molecule has 0 aliphatic heterocycles. The lowest BCUT2D eigenvalue weighted by Crippen LogP contribution is -2.26. The maximum Gasteiger partial charge on any atom is 0.124 e. The van der Waals surface area contributed by atoms with Crippen molar-refractivity contribution in [3.63, 3.8) is 0 Å². The molecule has 0 amide bonds. The standard InChI is InChI=1S/C50H29NS.C41H25NS.C37H23NS/c1-2-11-33(12-3-1)49-51-45-27-24-32-20-18-31-19-21-34(28-41(31)46(32)48(45)52-49)35-23-25-39-40-26-22-30-10-4-5-13-36(30)47(40)50(44(39)29-35)42-16-8-6-14-37(42)38-15-7-9-17-43(38)50;1-2-9-27(10-3-1)41-42-38-22-20-26-17-18-32-24-29(19-21-34(32)39(26)40(38)43-41)28-12-8-13-30(23-28)37-25-31-11-4-5-14-33(31)35-15-6-7-16-36(35)37;1-2-9-26(10-3-1)37-38-34-21-19-25-16-17-30-23-28(18-20-33(30)35(25)36(34)39-37)27-12-6-13-29(22-27)32-15-7-11-24-8-4-5-14-31(24)32/h1-29H;1-25H;1-23H. The Kier molecular flexibility index (Phi) is 18.2. The lowest BCUT2D eigenvalue weighted by Gasteiger charge is -2.31. The van der Waals surface area contributed by atoms with Gasteiger partial charge in [-0.1, -0.05) is 406 Å². The normalized spacial score (nSPS) is 12.4. The second-order valence-electron chi connectivity index (χ2n) is 35.4. The molecule has 24 aromatic carbocycles. The van der Waals surface area contributed by atoms with Gasteiger partial charge >= 0.3 is 0 Å². The molecular formula is C128H77N3S3. The molecule has 0 unspecified atom stereocenters. The molecule has 0 saturated heterocycles. The highest BCUT2D eigenvalue weighted by Crippen LogP contribution is 2.65. The summed E-state index contributed by atoms with van der Waals surface area (Å²) in [5.41, 5.74) is 29.4. The van der Waals surface area contributed by atoms with E-state index in [2.05, 4.69) is 467 Å². The van der Waals surface area contributed by atoms with E-state index in [0.29, 0.717) is 0 Å². The third-order valence-corrected chi connectivity index (χ3v) is 31.4. The predicted molar refractivity (Wildman–Crippen MR) is 574 cm³/mol. The van der Waals surface area contributed by atoms with Gasteiger partial charge in [-0.05, 0) is 252 Å². The van der Waals surface area contributed by atoms with Gasteiger partial charge < -0.3 is 0 Å². The molecule has 1 spiro atoms. The fraction of sp³-hybridized carbons (Fsp3) is 0.00781. The van der Waals surface area contributed by atoms with Gasteiger partial charge in [0.1, 0.15) is 15.0 Å². The van der Waals surface area contributed by atoms with Crippen LogP contribution in [0, 0.1) is 0 Å². The maximum atomic E-state index is 5.10. The van der Waals surface area contributed by atoms with E-state index in [0.717, 1.165) is 37.1 Å². The minimum Gasteiger partial charge on any atom is -0.236 e. The van der Waals surface area contributed by atoms with Crippen LogP contribution in [0.25, 0.3) is 248 Å². The number of hydrogen-bond donors (Lipinski definition) is 0. The second kappa shape index (κ2) is 31.4. The Morgan fingerprint density at radius 3 is 1.06 bits per heavy atom. The Bertz CT molecular complexity index is 9490. The number of rotatable bonds is 8. The van der Waals surface area contributed by atoms with Gasteiger partial charge in [-0.25, -0.2) is 15.0 Å². The van der Waals surface area contributed by atoms with E-state index in [1.165, 1.54) is 233 Å². The summed E-state index contributed by atoms with van der Waals surface area (Å²) in [6.45, 7) is 0. The van der Waals surface area contributed by atoms with Crippen molar-refractivity contribution in [1.29, 1.82) is 0 Å².